The van der Waals surface area contributed by atoms with Gasteiger partial charge in [-0.15, -0.1) is 0 Å². The molecule has 6 aromatic carbocycles. The van der Waals surface area contributed by atoms with Crippen LogP contribution in [0.1, 0.15) is 0 Å². The van der Waals surface area contributed by atoms with Crippen molar-refractivity contribution in [3.05, 3.63) is 158 Å². The molecule has 8 rings (SSSR count). The Morgan fingerprint density at radius 2 is 0.744 bits per heavy atom. The van der Waals surface area contributed by atoms with Gasteiger partial charge in [0.25, 0.3) is 0 Å². The van der Waals surface area contributed by atoms with Crippen LogP contribution in [0.15, 0.2) is 158 Å². The summed E-state index contributed by atoms with van der Waals surface area (Å²) in [4.78, 5) is 15.1. The van der Waals surface area contributed by atoms with Crippen molar-refractivity contribution >= 4 is 21.8 Å². The molecule has 0 atom stereocenters. The average Bonchev–Trinajstić information content (AvgIpc) is 3.44. The standard InChI is InChI=1S/C39H26N4/c1-5-15-27(16-6-1)31-23-13-24-32-33-25-14-26-34(36(33)43(35(31)32)30-21-11-4-12-22-30)39-41-37(28-17-7-2-8-18-28)40-38(42-39)29-19-9-3-10-20-29/h1-26H. The molecule has 4 heteroatoms. The third kappa shape index (κ3) is 4.37. The largest absolute Gasteiger partial charge is 0.308 e. The number of para-hydroxylation sites is 3. The highest BCUT2D eigenvalue weighted by atomic mass is 15.0. The van der Waals surface area contributed by atoms with Gasteiger partial charge in [-0.1, -0.05) is 140 Å². The molecule has 0 aliphatic carbocycles. The fourth-order valence-corrected chi connectivity index (χ4v) is 5.91. The van der Waals surface area contributed by atoms with Gasteiger partial charge in [0.15, 0.2) is 17.5 Å². The van der Waals surface area contributed by atoms with Crippen molar-refractivity contribution in [1.82, 2.24) is 19.5 Å². The minimum atomic E-state index is 0.638. The van der Waals surface area contributed by atoms with Crippen molar-refractivity contribution in [3.63, 3.8) is 0 Å². The molecule has 4 nitrogen and oxygen atoms in total. The van der Waals surface area contributed by atoms with Gasteiger partial charge in [0.2, 0.25) is 0 Å². The van der Waals surface area contributed by atoms with Crippen LogP contribution in [0.3, 0.4) is 0 Å². The van der Waals surface area contributed by atoms with Gasteiger partial charge in [0, 0.05) is 38.7 Å². The van der Waals surface area contributed by atoms with Gasteiger partial charge in [-0.25, -0.2) is 15.0 Å². The zero-order valence-corrected chi connectivity index (χ0v) is 23.3. The molecule has 43 heavy (non-hydrogen) atoms. The van der Waals surface area contributed by atoms with E-state index in [1.54, 1.807) is 0 Å². The minimum absolute atomic E-state index is 0.638. The lowest BCUT2D eigenvalue weighted by Gasteiger charge is -2.14. The predicted octanol–water partition coefficient (Wildman–Crippen LogP) is 9.64. The number of aromatic nitrogens is 4. The van der Waals surface area contributed by atoms with Crippen molar-refractivity contribution in [2.24, 2.45) is 0 Å². The number of rotatable bonds is 5. The van der Waals surface area contributed by atoms with E-state index >= 15 is 0 Å². The summed E-state index contributed by atoms with van der Waals surface area (Å²) in [6, 6.07) is 54.4. The van der Waals surface area contributed by atoms with E-state index in [2.05, 4.69) is 102 Å². The molecule has 0 aliphatic rings. The quantitative estimate of drug-likeness (QED) is 0.214. The Labute approximate surface area is 249 Å². The Morgan fingerprint density at radius 3 is 1.28 bits per heavy atom. The van der Waals surface area contributed by atoms with Gasteiger partial charge in [0.1, 0.15) is 0 Å². The Balaban J connectivity index is 1.49. The first-order valence-corrected chi connectivity index (χ1v) is 14.4. The number of benzene rings is 6. The van der Waals surface area contributed by atoms with Gasteiger partial charge in [-0.3, -0.25) is 0 Å². The van der Waals surface area contributed by atoms with Crippen LogP contribution in [-0.2, 0) is 0 Å². The van der Waals surface area contributed by atoms with Crippen molar-refractivity contribution < 1.29 is 0 Å². The molecule has 8 aromatic rings. The Kier molecular flexibility index (Phi) is 6.08. The van der Waals surface area contributed by atoms with Crippen molar-refractivity contribution in [2.75, 3.05) is 0 Å². The smallest absolute Gasteiger partial charge is 0.166 e. The second-order valence-corrected chi connectivity index (χ2v) is 10.5. The van der Waals surface area contributed by atoms with Crippen LogP contribution in [0.5, 0.6) is 0 Å². The maximum Gasteiger partial charge on any atom is 0.166 e. The highest BCUT2D eigenvalue weighted by Gasteiger charge is 2.21. The maximum absolute atomic E-state index is 5.10. The summed E-state index contributed by atoms with van der Waals surface area (Å²) in [5.74, 6) is 1.93. The molecule has 2 heterocycles. The van der Waals surface area contributed by atoms with E-state index in [1.165, 1.54) is 16.5 Å². The minimum Gasteiger partial charge on any atom is -0.308 e. The summed E-state index contributed by atoms with van der Waals surface area (Å²) in [7, 11) is 0. The number of fused-ring (bicyclic) bond motifs is 3. The highest BCUT2D eigenvalue weighted by molar-refractivity contribution is 6.16. The van der Waals surface area contributed by atoms with Crippen LogP contribution in [0.2, 0.25) is 0 Å². The van der Waals surface area contributed by atoms with E-state index in [0.29, 0.717) is 17.5 Å². The molecule has 0 saturated heterocycles. The molecule has 0 saturated carbocycles. The van der Waals surface area contributed by atoms with Gasteiger partial charge in [0.05, 0.1) is 11.0 Å². The topological polar surface area (TPSA) is 43.6 Å². The van der Waals surface area contributed by atoms with E-state index in [1.807, 2.05) is 60.7 Å². The molecule has 0 N–H and O–H groups in total. The average molecular weight is 551 g/mol. The van der Waals surface area contributed by atoms with Gasteiger partial charge < -0.3 is 4.57 Å². The summed E-state index contributed by atoms with van der Waals surface area (Å²) in [5, 5.41) is 2.33. The van der Waals surface area contributed by atoms with E-state index in [-0.39, 0.29) is 0 Å². The number of hydrogen-bond acceptors (Lipinski definition) is 3. The van der Waals surface area contributed by atoms with Crippen LogP contribution in [0, 0.1) is 0 Å². The lowest BCUT2D eigenvalue weighted by atomic mass is 10.0. The van der Waals surface area contributed by atoms with Crippen molar-refractivity contribution in [2.45, 2.75) is 0 Å². The molecule has 0 bridgehead atoms. The molecule has 0 amide bonds. The molecule has 0 fully saturated rings. The second-order valence-electron chi connectivity index (χ2n) is 10.5. The van der Waals surface area contributed by atoms with E-state index in [9.17, 15) is 0 Å². The van der Waals surface area contributed by atoms with Crippen molar-refractivity contribution in [3.8, 4) is 51.0 Å². The first-order chi connectivity index (χ1) is 21.3. The molecule has 0 aliphatic heterocycles. The third-order valence-corrected chi connectivity index (χ3v) is 7.85. The molecule has 0 spiro atoms. The van der Waals surface area contributed by atoms with Crippen LogP contribution in [-0.4, -0.2) is 19.5 Å². The predicted molar refractivity (Wildman–Crippen MR) is 176 cm³/mol. The monoisotopic (exact) mass is 550 g/mol. The van der Waals surface area contributed by atoms with Crippen LogP contribution < -0.4 is 0 Å². The third-order valence-electron chi connectivity index (χ3n) is 7.85. The van der Waals surface area contributed by atoms with Crippen molar-refractivity contribution in [1.29, 1.82) is 0 Å². The van der Waals surface area contributed by atoms with Gasteiger partial charge in [-0.2, -0.15) is 0 Å². The lowest BCUT2D eigenvalue weighted by Crippen LogP contribution is -2.02. The summed E-state index contributed by atoms with van der Waals surface area (Å²) >= 11 is 0. The highest BCUT2D eigenvalue weighted by Crippen LogP contribution is 2.41. The zero-order chi connectivity index (χ0) is 28.6. The molecule has 0 unspecified atom stereocenters. The normalized spacial score (nSPS) is 11.3. The summed E-state index contributed by atoms with van der Waals surface area (Å²) in [6.07, 6.45) is 0. The SMILES string of the molecule is c1ccc(-c2nc(-c3ccccc3)nc(-c3cccc4c5cccc(-c6ccccc6)c5n(-c5ccccc5)c34)n2)cc1. The number of hydrogen-bond donors (Lipinski definition) is 0. The van der Waals surface area contributed by atoms with Gasteiger partial charge in [-0.05, 0) is 23.8 Å². The van der Waals surface area contributed by atoms with E-state index in [4.69, 9.17) is 15.0 Å². The van der Waals surface area contributed by atoms with E-state index in [0.717, 1.165) is 38.8 Å². The molecular formula is C39H26N4. The summed E-state index contributed by atoms with van der Waals surface area (Å²) in [5.41, 5.74) is 8.50. The summed E-state index contributed by atoms with van der Waals surface area (Å²) in [6.45, 7) is 0. The molecular weight excluding hydrogens is 524 g/mol. The zero-order valence-electron chi connectivity index (χ0n) is 23.3. The van der Waals surface area contributed by atoms with Crippen LogP contribution in [0.4, 0.5) is 0 Å². The van der Waals surface area contributed by atoms with E-state index < -0.39 is 0 Å². The first kappa shape index (κ1) is 24.9. The Hall–Kier alpha value is -5.87. The van der Waals surface area contributed by atoms with Crippen LogP contribution in [0.25, 0.3) is 72.8 Å². The fraction of sp³-hybridized carbons (Fsp3) is 0. The van der Waals surface area contributed by atoms with Crippen LogP contribution >= 0.6 is 0 Å². The lowest BCUT2D eigenvalue weighted by molar-refractivity contribution is 1.07. The summed E-state index contributed by atoms with van der Waals surface area (Å²) < 4.78 is 2.37. The van der Waals surface area contributed by atoms with Gasteiger partial charge >= 0.3 is 0 Å². The number of nitrogens with zero attached hydrogens (tertiary/aromatic N) is 4. The molecule has 0 radical (unpaired) electrons. The second kappa shape index (κ2) is 10.5. The fourth-order valence-electron chi connectivity index (χ4n) is 5.91. The Bertz CT molecular complexity index is 2150. The maximum atomic E-state index is 5.10. The Morgan fingerprint density at radius 1 is 0.326 bits per heavy atom. The molecule has 202 valence electrons. The first-order valence-electron chi connectivity index (χ1n) is 14.4. The molecule has 2 aromatic heterocycles.